The maximum atomic E-state index is 13.4. The van der Waals surface area contributed by atoms with Gasteiger partial charge in [-0.25, -0.2) is 9.07 Å². The van der Waals surface area contributed by atoms with Crippen LogP contribution in [0, 0.1) is 5.82 Å². The second-order valence-electron chi connectivity index (χ2n) is 6.77. The Morgan fingerprint density at radius 2 is 1.92 bits per heavy atom. The Morgan fingerprint density at radius 3 is 2.62 bits per heavy atom. The zero-order valence-electron chi connectivity index (χ0n) is 14.6. The maximum absolute atomic E-state index is 13.4. The van der Waals surface area contributed by atoms with E-state index in [2.05, 4.69) is 5.10 Å². The van der Waals surface area contributed by atoms with Crippen molar-refractivity contribution >= 4 is 5.91 Å². The summed E-state index contributed by atoms with van der Waals surface area (Å²) in [6.45, 7) is 0.343. The molecule has 1 aromatic heterocycles. The van der Waals surface area contributed by atoms with Crippen LogP contribution in [0.2, 0.25) is 0 Å². The molecule has 0 spiro atoms. The number of aromatic nitrogens is 2. The highest BCUT2D eigenvalue weighted by Gasteiger charge is 2.29. The van der Waals surface area contributed by atoms with Gasteiger partial charge >= 0.3 is 0 Å². The van der Waals surface area contributed by atoms with Gasteiger partial charge in [-0.15, -0.1) is 0 Å². The molecular weight excluding hydrogens is 329 g/mol. The van der Waals surface area contributed by atoms with Crippen LogP contribution in [0.15, 0.2) is 60.7 Å². The molecule has 132 valence electrons. The Kier molecular flexibility index (Phi) is 4.29. The Morgan fingerprint density at radius 1 is 1.15 bits per heavy atom. The van der Waals surface area contributed by atoms with Crippen LogP contribution in [0.4, 0.5) is 4.39 Å². The molecule has 1 aliphatic carbocycles. The minimum atomic E-state index is -0.298. The smallest absolute Gasteiger partial charge is 0.272 e. The average Bonchev–Trinajstić information content (AvgIpc) is 3.40. The summed E-state index contributed by atoms with van der Waals surface area (Å²) in [5, 5.41) is 4.68. The van der Waals surface area contributed by atoms with Gasteiger partial charge in [-0.3, -0.25) is 4.79 Å². The van der Waals surface area contributed by atoms with Crippen molar-refractivity contribution in [1.82, 2.24) is 14.7 Å². The molecule has 2 aromatic carbocycles. The summed E-state index contributed by atoms with van der Waals surface area (Å²) in [6, 6.07) is 17.9. The van der Waals surface area contributed by atoms with Crippen molar-refractivity contribution in [2.24, 2.45) is 0 Å². The standard InChI is InChI=1S/C21H20FN3O/c1-24(14-15-6-5-7-17(22)12-15)21(26)20-13-19(16-10-11-16)23-25(20)18-8-3-2-4-9-18/h2-9,12-13,16H,10-11,14H2,1H3. The Hall–Kier alpha value is -2.95. The first kappa shape index (κ1) is 16.5. The number of para-hydroxylation sites is 1. The lowest BCUT2D eigenvalue weighted by molar-refractivity contribution is 0.0776. The number of rotatable bonds is 5. The van der Waals surface area contributed by atoms with E-state index in [1.54, 1.807) is 22.7 Å². The van der Waals surface area contributed by atoms with Gasteiger partial charge in [0.25, 0.3) is 5.91 Å². The quantitative estimate of drug-likeness (QED) is 0.694. The molecule has 0 unspecified atom stereocenters. The highest BCUT2D eigenvalue weighted by molar-refractivity contribution is 5.93. The fraction of sp³-hybridized carbons (Fsp3) is 0.238. The molecule has 0 aliphatic heterocycles. The van der Waals surface area contributed by atoms with Crippen molar-refractivity contribution in [1.29, 1.82) is 0 Å². The van der Waals surface area contributed by atoms with Crippen molar-refractivity contribution < 1.29 is 9.18 Å². The Bertz CT molecular complexity index is 931. The lowest BCUT2D eigenvalue weighted by Crippen LogP contribution is -2.28. The van der Waals surface area contributed by atoms with E-state index >= 15 is 0 Å². The minimum Gasteiger partial charge on any atom is -0.336 e. The molecule has 1 heterocycles. The van der Waals surface area contributed by atoms with Crippen molar-refractivity contribution in [3.8, 4) is 5.69 Å². The fourth-order valence-electron chi connectivity index (χ4n) is 3.07. The maximum Gasteiger partial charge on any atom is 0.272 e. The zero-order chi connectivity index (χ0) is 18.1. The number of hydrogen-bond donors (Lipinski definition) is 0. The van der Waals surface area contributed by atoms with E-state index in [0.29, 0.717) is 18.2 Å². The summed E-state index contributed by atoms with van der Waals surface area (Å²) in [4.78, 5) is 14.7. The van der Waals surface area contributed by atoms with E-state index in [0.717, 1.165) is 29.8 Å². The van der Waals surface area contributed by atoms with Crippen molar-refractivity contribution in [3.05, 3.63) is 83.4 Å². The van der Waals surface area contributed by atoms with Crippen LogP contribution < -0.4 is 0 Å². The third-order valence-corrected chi connectivity index (χ3v) is 4.60. The number of nitrogens with zero attached hydrogens (tertiary/aromatic N) is 3. The fourth-order valence-corrected chi connectivity index (χ4v) is 3.07. The molecule has 0 radical (unpaired) electrons. The average molecular weight is 349 g/mol. The van der Waals surface area contributed by atoms with Gasteiger partial charge in [-0.1, -0.05) is 30.3 Å². The van der Waals surface area contributed by atoms with Gasteiger partial charge in [-0.05, 0) is 48.7 Å². The summed E-state index contributed by atoms with van der Waals surface area (Å²) in [5.41, 5.74) is 3.13. The van der Waals surface area contributed by atoms with E-state index in [4.69, 9.17) is 0 Å². The summed E-state index contributed by atoms with van der Waals surface area (Å²) in [6.07, 6.45) is 2.25. The van der Waals surface area contributed by atoms with Crippen LogP contribution in [-0.2, 0) is 6.54 Å². The molecule has 5 heteroatoms. The third-order valence-electron chi connectivity index (χ3n) is 4.60. The van der Waals surface area contributed by atoms with Crippen molar-refractivity contribution in [2.45, 2.75) is 25.3 Å². The topological polar surface area (TPSA) is 38.1 Å². The molecule has 3 aromatic rings. The lowest BCUT2D eigenvalue weighted by Gasteiger charge is -2.18. The molecular formula is C21H20FN3O. The molecule has 1 amide bonds. The highest BCUT2D eigenvalue weighted by Crippen LogP contribution is 2.39. The third kappa shape index (κ3) is 3.38. The van der Waals surface area contributed by atoms with E-state index in [1.165, 1.54) is 12.1 Å². The van der Waals surface area contributed by atoms with Gasteiger partial charge in [0.05, 0.1) is 11.4 Å². The van der Waals surface area contributed by atoms with Crippen LogP contribution in [0.25, 0.3) is 5.69 Å². The number of hydrogen-bond acceptors (Lipinski definition) is 2. The van der Waals surface area contributed by atoms with Gasteiger partial charge in [0.1, 0.15) is 11.5 Å². The number of halogens is 1. The van der Waals surface area contributed by atoms with Gasteiger partial charge in [0.2, 0.25) is 0 Å². The number of benzene rings is 2. The first-order valence-electron chi connectivity index (χ1n) is 8.77. The van der Waals surface area contributed by atoms with Gasteiger partial charge in [-0.2, -0.15) is 5.10 Å². The second-order valence-corrected chi connectivity index (χ2v) is 6.77. The summed E-state index contributed by atoms with van der Waals surface area (Å²) in [5.74, 6) is 0.0336. The molecule has 4 nitrogen and oxygen atoms in total. The van der Waals surface area contributed by atoms with E-state index in [1.807, 2.05) is 42.5 Å². The van der Waals surface area contributed by atoms with Crippen LogP contribution in [-0.4, -0.2) is 27.6 Å². The molecule has 1 saturated carbocycles. The van der Waals surface area contributed by atoms with Crippen LogP contribution in [0.3, 0.4) is 0 Å². The van der Waals surface area contributed by atoms with E-state index < -0.39 is 0 Å². The second kappa shape index (κ2) is 6.75. The number of amides is 1. The normalized spacial score (nSPS) is 13.6. The minimum absolute atomic E-state index is 0.127. The SMILES string of the molecule is CN(Cc1cccc(F)c1)C(=O)c1cc(C2CC2)nn1-c1ccccc1. The molecule has 0 saturated heterocycles. The molecule has 0 N–H and O–H groups in total. The Labute approximate surface area is 151 Å². The summed E-state index contributed by atoms with van der Waals surface area (Å²) >= 11 is 0. The molecule has 1 fully saturated rings. The Balaban J connectivity index is 1.64. The highest BCUT2D eigenvalue weighted by atomic mass is 19.1. The molecule has 1 aliphatic rings. The lowest BCUT2D eigenvalue weighted by atomic mass is 10.2. The molecule has 0 atom stereocenters. The van der Waals surface area contributed by atoms with Crippen molar-refractivity contribution in [2.75, 3.05) is 7.05 Å². The van der Waals surface area contributed by atoms with Crippen LogP contribution >= 0.6 is 0 Å². The number of carbonyl (C=O) groups excluding carboxylic acids is 1. The van der Waals surface area contributed by atoms with Crippen LogP contribution in [0.5, 0.6) is 0 Å². The van der Waals surface area contributed by atoms with Gasteiger partial charge in [0, 0.05) is 19.5 Å². The summed E-state index contributed by atoms with van der Waals surface area (Å²) in [7, 11) is 1.73. The monoisotopic (exact) mass is 349 g/mol. The van der Waals surface area contributed by atoms with E-state index in [9.17, 15) is 9.18 Å². The predicted octanol–water partition coefficient (Wildman–Crippen LogP) is 4.16. The largest absolute Gasteiger partial charge is 0.336 e. The molecule has 4 rings (SSSR count). The van der Waals surface area contributed by atoms with E-state index in [-0.39, 0.29) is 11.7 Å². The number of carbonyl (C=O) groups is 1. The molecule has 26 heavy (non-hydrogen) atoms. The molecule has 0 bridgehead atoms. The predicted molar refractivity (Wildman–Crippen MR) is 97.7 cm³/mol. The van der Waals surface area contributed by atoms with Crippen molar-refractivity contribution in [3.63, 3.8) is 0 Å². The van der Waals surface area contributed by atoms with Gasteiger partial charge in [0.15, 0.2) is 0 Å². The summed E-state index contributed by atoms with van der Waals surface area (Å²) < 4.78 is 15.1. The zero-order valence-corrected chi connectivity index (χ0v) is 14.6. The van der Waals surface area contributed by atoms with Gasteiger partial charge < -0.3 is 4.90 Å². The first-order chi connectivity index (χ1) is 12.6. The first-order valence-corrected chi connectivity index (χ1v) is 8.77. The van der Waals surface area contributed by atoms with Crippen LogP contribution in [0.1, 0.15) is 40.5 Å².